The number of nitrogens with zero attached hydrogens (tertiary/aromatic N) is 3. The van der Waals surface area contributed by atoms with E-state index in [9.17, 15) is 9.59 Å². The zero-order chi connectivity index (χ0) is 13.8. The third kappa shape index (κ3) is 3.40. The molecule has 1 heterocycles. The highest BCUT2D eigenvalue weighted by Crippen LogP contribution is 2.19. The Morgan fingerprint density at radius 1 is 1.53 bits per heavy atom. The van der Waals surface area contributed by atoms with Crippen LogP contribution in [0.5, 0.6) is 0 Å². The van der Waals surface area contributed by atoms with Crippen LogP contribution in [0.3, 0.4) is 0 Å². The van der Waals surface area contributed by atoms with Gasteiger partial charge in [0.1, 0.15) is 17.7 Å². The van der Waals surface area contributed by atoms with Crippen molar-refractivity contribution in [3.05, 3.63) is 18.1 Å². The van der Waals surface area contributed by atoms with Gasteiger partial charge in [-0.15, -0.1) is 0 Å². The molecule has 1 aliphatic rings. The van der Waals surface area contributed by atoms with Gasteiger partial charge in [0.05, 0.1) is 13.7 Å². The molecule has 0 atom stereocenters. The molecular formula is C12H16N4O3. The molecular weight excluding hydrogens is 248 g/mol. The fraction of sp³-hybridized carbons (Fsp3) is 0.500. The van der Waals surface area contributed by atoms with E-state index in [0.29, 0.717) is 11.9 Å². The van der Waals surface area contributed by atoms with Gasteiger partial charge in [0.25, 0.3) is 0 Å². The van der Waals surface area contributed by atoms with Crippen LogP contribution in [0.1, 0.15) is 23.2 Å². The lowest BCUT2D eigenvalue weighted by molar-refractivity contribution is -0.119. The van der Waals surface area contributed by atoms with Crippen molar-refractivity contribution in [2.24, 2.45) is 0 Å². The molecule has 0 aromatic carbocycles. The Kier molecular flexibility index (Phi) is 3.94. The summed E-state index contributed by atoms with van der Waals surface area (Å²) in [5.41, 5.74) is 0.242. The molecule has 19 heavy (non-hydrogen) atoms. The average Bonchev–Trinajstić information content (AvgIpc) is 3.21. The minimum Gasteiger partial charge on any atom is -0.465 e. The number of carbonyl (C=O) groups is 2. The van der Waals surface area contributed by atoms with Gasteiger partial charge in [-0.3, -0.25) is 4.79 Å². The number of hydrogen-bond acceptors (Lipinski definition) is 6. The van der Waals surface area contributed by atoms with Crippen molar-refractivity contribution in [1.29, 1.82) is 0 Å². The fourth-order valence-corrected chi connectivity index (χ4v) is 1.67. The fourth-order valence-electron chi connectivity index (χ4n) is 1.67. The first-order valence-electron chi connectivity index (χ1n) is 6.00. The summed E-state index contributed by atoms with van der Waals surface area (Å²) in [6.45, 7) is 0.136. The maximum atomic E-state index is 11.7. The zero-order valence-corrected chi connectivity index (χ0v) is 10.9. The standard InChI is InChI=1S/C12H16N4O3/c1-16(6-10(17)15-8-3-4-8)11-9(12(18)19-2)5-13-7-14-11/h5,7-8H,3-4,6H2,1-2H3,(H,15,17). The first-order valence-corrected chi connectivity index (χ1v) is 6.00. The van der Waals surface area contributed by atoms with Gasteiger partial charge in [-0.2, -0.15) is 0 Å². The molecule has 1 aromatic rings. The van der Waals surface area contributed by atoms with Gasteiger partial charge < -0.3 is 15.0 Å². The van der Waals surface area contributed by atoms with E-state index < -0.39 is 5.97 Å². The molecule has 0 bridgehead atoms. The van der Waals surface area contributed by atoms with Crippen molar-refractivity contribution < 1.29 is 14.3 Å². The largest absolute Gasteiger partial charge is 0.465 e. The van der Waals surface area contributed by atoms with Crippen molar-refractivity contribution in [3.63, 3.8) is 0 Å². The molecule has 7 heteroatoms. The van der Waals surface area contributed by atoms with Crippen LogP contribution in [-0.4, -0.2) is 48.6 Å². The first-order chi connectivity index (χ1) is 9.11. The number of aromatic nitrogens is 2. The Balaban J connectivity index is 2.06. The van der Waals surface area contributed by atoms with Crippen LogP contribution in [0.4, 0.5) is 5.82 Å². The number of ether oxygens (including phenoxy) is 1. The van der Waals surface area contributed by atoms with Crippen molar-refractivity contribution in [2.75, 3.05) is 25.6 Å². The zero-order valence-electron chi connectivity index (χ0n) is 10.9. The lowest BCUT2D eigenvalue weighted by atomic mass is 10.3. The smallest absolute Gasteiger partial charge is 0.343 e. The quantitative estimate of drug-likeness (QED) is 0.752. The van der Waals surface area contributed by atoms with Gasteiger partial charge >= 0.3 is 5.97 Å². The number of hydrogen-bond donors (Lipinski definition) is 1. The van der Waals surface area contributed by atoms with E-state index in [1.807, 2.05) is 0 Å². The molecule has 2 rings (SSSR count). The van der Waals surface area contributed by atoms with Crippen LogP contribution in [0.25, 0.3) is 0 Å². The van der Waals surface area contributed by atoms with Crippen molar-refractivity contribution in [1.82, 2.24) is 15.3 Å². The summed E-state index contributed by atoms with van der Waals surface area (Å²) in [7, 11) is 2.99. The molecule has 1 amide bonds. The number of rotatable bonds is 5. The number of esters is 1. The third-order valence-electron chi connectivity index (χ3n) is 2.78. The number of carbonyl (C=O) groups excluding carboxylic acids is 2. The second-order valence-corrected chi connectivity index (χ2v) is 4.45. The van der Waals surface area contributed by atoms with Crippen LogP contribution in [0.2, 0.25) is 0 Å². The van der Waals surface area contributed by atoms with Crippen LogP contribution >= 0.6 is 0 Å². The maximum absolute atomic E-state index is 11.7. The molecule has 1 fully saturated rings. The Morgan fingerprint density at radius 2 is 2.26 bits per heavy atom. The molecule has 0 aliphatic heterocycles. The summed E-state index contributed by atoms with van der Waals surface area (Å²) >= 11 is 0. The van der Waals surface area contributed by atoms with Crippen molar-refractivity contribution >= 4 is 17.7 Å². The molecule has 0 radical (unpaired) electrons. The molecule has 1 N–H and O–H groups in total. The lowest BCUT2D eigenvalue weighted by Crippen LogP contribution is -2.37. The molecule has 0 saturated heterocycles. The summed E-state index contributed by atoms with van der Waals surface area (Å²) in [4.78, 5) is 32.7. The summed E-state index contributed by atoms with van der Waals surface area (Å²) in [6.07, 6.45) is 4.78. The summed E-state index contributed by atoms with van der Waals surface area (Å²) in [5, 5.41) is 2.88. The summed E-state index contributed by atoms with van der Waals surface area (Å²) < 4.78 is 4.66. The Hall–Kier alpha value is -2.18. The van der Waals surface area contributed by atoms with E-state index in [4.69, 9.17) is 0 Å². The van der Waals surface area contributed by atoms with Crippen LogP contribution in [-0.2, 0) is 9.53 Å². The second-order valence-electron chi connectivity index (χ2n) is 4.45. The second kappa shape index (κ2) is 5.64. The maximum Gasteiger partial charge on any atom is 0.343 e. The molecule has 7 nitrogen and oxygen atoms in total. The number of anilines is 1. The molecule has 0 unspecified atom stereocenters. The third-order valence-corrected chi connectivity index (χ3v) is 2.78. The normalized spacial score (nSPS) is 13.8. The topological polar surface area (TPSA) is 84.4 Å². The van der Waals surface area contributed by atoms with Crippen LogP contribution < -0.4 is 10.2 Å². The van der Waals surface area contributed by atoms with Crippen molar-refractivity contribution in [2.45, 2.75) is 18.9 Å². The Labute approximate surface area is 111 Å². The highest BCUT2D eigenvalue weighted by Gasteiger charge is 2.24. The number of methoxy groups -OCH3 is 1. The van der Waals surface area contributed by atoms with Gasteiger partial charge in [0.15, 0.2) is 0 Å². The van der Waals surface area contributed by atoms with Gasteiger partial charge in [-0.1, -0.05) is 0 Å². The molecule has 1 aliphatic carbocycles. The minimum atomic E-state index is -0.523. The monoisotopic (exact) mass is 264 g/mol. The predicted molar refractivity (Wildman–Crippen MR) is 67.8 cm³/mol. The van der Waals surface area contributed by atoms with Gasteiger partial charge in [0, 0.05) is 19.3 Å². The van der Waals surface area contributed by atoms with Gasteiger partial charge in [-0.05, 0) is 12.8 Å². The lowest BCUT2D eigenvalue weighted by Gasteiger charge is -2.19. The summed E-state index contributed by atoms with van der Waals surface area (Å²) in [6, 6.07) is 0.311. The van der Waals surface area contributed by atoms with Crippen LogP contribution in [0, 0.1) is 0 Å². The van der Waals surface area contributed by atoms with Crippen molar-refractivity contribution in [3.8, 4) is 0 Å². The number of amides is 1. The first kappa shape index (κ1) is 13.3. The highest BCUT2D eigenvalue weighted by atomic mass is 16.5. The van der Waals surface area contributed by atoms with E-state index in [1.54, 1.807) is 11.9 Å². The van der Waals surface area contributed by atoms with Gasteiger partial charge in [-0.25, -0.2) is 14.8 Å². The van der Waals surface area contributed by atoms with Crippen LogP contribution in [0.15, 0.2) is 12.5 Å². The number of likely N-dealkylation sites (N-methyl/N-ethyl adjacent to an activating group) is 1. The van der Waals surface area contributed by atoms with Gasteiger partial charge in [0.2, 0.25) is 5.91 Å². The predicted octanol–water partition coefficient (Wildman–Crippen LogP) is -0.0220. The van der Waals surface area contributed by atoms with E-state index in [0.717, 1.165) is 12.8 Å². The van der Waals surface area contributed by atoms with E-state index in [2.05, 4.69) is 20.0 Å². The Bertz CT molecular complexity index is 488. The minimum absolute atomic E-state index is 0.0839. The average molecular weight is 264 g/mol. The van der Waals surface area contributed by atoms with E-state index in [1.165, 1.54) is 19.6 Å². The Morgan fingerprint density at radius 3 is 2.89 bits per heavy atom. The molecule has 0 spiro atoms. The van der Waals surface area contributed by atoms with E-state index in [-0.39, 0.29) is 18.0 Å². The highest BCUT2D eigenvalue weighted by molar-refractivity contribution is 5.95. The number of nitrogens with one attached hydrogen (secondary N) is 1. The van der Waals surface area contributed by atoms with E-state index >= 15 is 0 Å². The molecule has 102 valence electrons. The summed E-state index contributed by atoms with van der Waals surface area (Å²) in [5.74, 6) is -0.225. The molecule has 1 aromatic heterocycles. The SMILES string of the molecule is COC(=O)c1cncnc1N(C)CC(=O)NC1CC1. The molecule has 1 saturated carbocycles.